The molecular formula is C22H28O4. The Bertz CT molecular complexity index is 702. The predicted molar refractivity (Wildman–Crippen MR) is 105 cm³/mol. The highest BCUT2D eigenvalue weighted by Gasteiger charge is 2.04. The summed E-state index contributed by atoms with van der Waals surface area (Å²) < 4.78 is 22.4. The normalized spacial score (nSPS) is 10.9. The van der Waals surface area contributed by atoms with Crippen LogP contribution in [0, 0.1) is 13.8 Å². The van der Waals surface area contributed by atoms with Gasteiger partial charge in [-0.1, -0.05) is 24.3 Å². The Morgan fingerprint density at radius 3 is 2.15 bits per heavy atom. The minimum absolute atomic E-state index is 0.461. The van der Waals surface area contributed by atoms with Gasteiger partial charge in [0.15, 0.2) is 11.5 Å². The van der Waals surface area contributed by atoms with Crippen LogP contribution >= 0.6 is 0 Å². The van der Waals surface area contributed by atoms with E-state index in [0.29, 0.717) is 26.4 Å². The monoisotopic (exact) mass is 356 g/mol. The Morgan fingerprint density at radius 2 is 1.50 bits per heavy atom. The van der Waals surface area contributed by atoms with Crippen LogP contribution in [0.25, 0.3) is 6.08 Å². The van der Waals surface area contributed by atoms with Gasteiger partial charge < -0.3 is 18.9 Å². The minimum atomic E-state index is 0.461. The molecule has 2 aromatic rings. The van der Waals surface area contributed by atoms with Gasteiger partial charge in [-0.15, -0.1) is 0 Å². The maximum atomic E-state index is 5.74. The van der Waals surface area contributed by atoms with Gasteiger partial charge in [0.25, 0.3) is 0 Å². The largest absolute Gasteiger partial charge is 0.493 e. The van der Waals surface area contributed by atoms with Crippen molar-refractivity contribution < 1.29 is 18.9 Å². The molecule has 140 valence electrons. The number of methoxy groups -OCH3 is 1. The van der Waals surface area contributed by atoms with Gasteiger partial charge in [0.1, 0.15) is 19.0 Å². The van der Waals surface area contributed by atoms with E-state index in [1.165, 1.54) is 11.1 Å². The number of benzene rings is 2. The fourth-order valence-electron chi connectivity index (χ4n) is 2.65. The van der Waals surface area contributed by atoms with Gasteiger partial charge in [-0.3, -0.25) is 0 Å². The quantitative estimate of drug-likeness (QED) is 0.572. The molecule has 0 aliphatic carbocycles. The molecule has 0 N–H and O–H groups in total. The van der Waals surface area contributed by atoms with E-state index in [4.69, 9.17) is 18.9 Å². The lowest BCUT2D eigenvalue weighted by atomic mass is 10.1. The summed E-state index contributed by atoms with van der Waals surface area (Å²) in [6.07, 6.45) is 4.01. The zero-order chi connectivity index (χ0) is 18.8. The first-order valence-corrected chi connectivity index (χ1v) is 8.84. The van der Waals surface area contributed by atoms with Gasteiger partial charge in [0.05, 0.1) is 20.3 Å². The standard InChI is InChI=1S/C22H28O4/c1-5-6-19-7-8-21(22(16-19)23-4)26-12-10-24-9-11-25-20-14-17(2)13-18(3)15-20/h5-8,13-16H,9-12H2,1-4H3. The predicted octanol–water partition coefficient (Wildman–Crippen LogP) is 4.82. The summed E-state index contributed by atoms with van der Waals surface area (Å²) in [7, 11) is 1.64. The van der Waals surface area contributed by atoms with Crippen LogP contribution in [0.4, 0.5) is 0 Å². The first-order chi connectivity index (χ1) is 12.6. The smallest absolute Gasteiger partial charge is 0.161 e. The van der Waals surface area contributed by atoms with E-state index in [1.807, 2.05) is 49.4 Å². The molecule has 2 aromatic carbocycles. The maximum absolute atomic E-state index is 5.74. The van der Waals surface area contributed by atoms with Gasteiger partial charge >= 0.3 is 0 Å². The lowest BCUT2D eigenvalue weighted by Gasteiger charge is -2.12. The van der Waals surface area contributed by atoms with E-state index in [2.05, 4.69) is 19.9 Å². The Hall–Kier alpha value is -2.46. The summed E-state index contributed by atoms with van der Waals surface area (Å²) in [4.78, 5) is 0. The fourth-order valence-corrected chi connectivity index (χ4v) is 2.65. The van der Waals surface area contributed by atoms with Crippen LogP contribution < -0.4 is 14.2 Å². The Balaban J connectivity index is 1.67. The van der Waals surface area contributed by atoms with Crippen molar-refractivity contribution in [1.29, 1.82) is 0 Å². The zero-order valence-corrected chi connectivity index (χ0v) is 16.1. The molecule has 2 rings (SSSR count). The van der Waals surface area contributed by atoms with E-state index in [1.54, 1.807) is 7.11 Å². The molecule has 0 amide bonds. The second kappa shape index (κ2) is 10.5. The molecule has 4 heteroatoms. The lowest BCUT2D eigenvalue weighted by molar-refractivity contribution is 0.0757. The molecule has 4 nitrogen and oxygen atoms in total. The third-order valence-electron chi connectivity index (χ3n) is 3.72. The molecule has 26 heavy (non-hydrogen) atoms. The molecule has 0 unspecified atom stereocenters. The summed E-state index contributed by atoms with van der Waals surface area (Å²) in [5.74, 6) is 2.32. The number of allylic oxidation sites excluding steroid dienone is 1. The van der Waals surface area contributed by atoms with Crippen LogP contribution in [-0.2, 0) is 4.74 Å². The van der Waals surface area contributed by atoms with Crippen LogP contribution in [0.3, 0.4) is 0 Å². The Kier molecular flexibility index (Phi) is 8.03. The summed E-state index contributed by atoms with van der Waals surface area (Å²) >= 11 is 0. The van der Waals surface area contributed by atoms with Gasteiger partial charge in [0.2, 0.25) is 0 Å². The molecular weight excluding hydrogens is 328 g/mol. The first kappa shape index (κ1) is 19.9. The van der Waals surface area contributed by atoms with Crippen LogP contribution in [0.15, 0.2) is 42.5 Å². The van der Waals surface area contributed by atoms with E-state index < -0.39 is 0 Å². The van der Waals surface area contributed by atoms with Crippen LogP contribution in [0.5, 0.6) is 17.2 Å². The highest BCUT2D eigenvalue weighted by molar-refractivity contribution is 5.55. The number of hydrogen-bond donors (Lipinski definition) is 0. The van der Waals surface area contributed by atoms with Crippen LogP contribution in [0.1, 0.15) is 23.6 Å². The minimum Gasteiger partial charge on any atom is -0.493 e. The lowest BCUT2D eigenvalue weighted by Crippen LogP contribution is -2.12. The van der Waals surface area contributed by atoms with Crippen molar-refractivity contribution >= 4 is 6.08 Å². The average Bonchev–Trinajstić information content (AvgIpc) is 2.61. The molecule has 0 radical (unpaired) electrons. The Labute approximate surface area is 156 Å². The molecule has 0 saturated carbocycles. The number of ether oxygens (including phenoxy) is 4. The number of rotatable bonds is 10. The maximum Gasteiger partial charge on any atom is 0.161 e. The number of aryl methyl sites for hydroxylation is 2. The van der Waals surface area contributed by atoms with Crippen molar-refractivity contribution in [3.63, 3.8) is 0 Å². The van der Waals surface area contributed by atoms with Gasteiger partial charge in [-0.2, -0.15) is 0 Å². The van der Waals surface area contributed by atoms with Crippen molar-refractivity contribution in [3.05, 3.63) is 59.2 Å². The fraction of sp³-hybridized carbons (Fsp3) is 0.364. The first-order valence-electron chi connectivity index (χ1n) is 8.84. The van der Waals surface area contributed by atoms with Gasteiger partial charge in [0, 0.05) is 0 Å². The second-order valence-corrected chi connectivity index (χ2v) is 6.04. The third kappa shape index (κ3) is 6.45. The van der Waals surface area contributed by atoms with Crippen molar-refractivity contribution in [2.75, 3.05) is 33.5 Å². The van der Waals surface area contributed by atoms with Crippen LogP contribution in [0.2, 0.25) is 0 Å². The Morgan fingerprint density at radius 1 is 0.808 bits per heavy atom. The van der Waals surface area contributed by atoms with Gasteiger partial charge in [-0.05, 0) is 61.7 Å². The van der Waals surface area contributed by atoms with Gasteiger partial charge in [-0.25, -0.2) is 0 Å². The highest BCUT2D eigenvalue weighted by atomic mass is 16.6. The molecule has 0 bridgehead atoms. The summed E-state index contributed by atoms with van der Waals surface area (Å²) in [5, 5.41) is 0. The van der Waals surface area contributed by atoms with Crippen LogP contribution in [-0.4, -0.2) is 33.5 Å². The molecule has 0 aromatic heterocycles. The average molecular weight is 356 g/mol. The van der Waals surface area contributed by atoms with Crippen molar-refractivity contribution in [1.82, 2.24) is 0 Å². The molecule has 0 saturated heterocycles. The van der Waals surface area contributed by atoms with Crippen molar-refractivity contribution in [2.45, 2.75) is 20.8 Å². The van der Waals surface area contributed by atoms with E-state index in [0.717, 1.165) is 22.8 Å². The van der Waals surface area contributed by atoms with Crippen molar-refractivity contribution in [2.24, 2.45) is 0 Å². The van der Waals surface area contributed by atoms with E-state index >= 15 is 0 Å². The molecule has 0 atom stereocenters. The zero-order valence-electron chi connectivity index (χ0n) is 16.1. The molecule has 0 fully saturated rings. The van der Waals surface area contributed by atoms with E-state index in [-0.39, 0.29) is 0 Å². The SMILES string of the molecule is CC=Cc1ccc(OCCOCCOc2cc(C)cc(C)c2)c(OC)c1. The van der Waals surface area contributed by atoms with E-state index in [9.17, 15) is 0 Å². The molecule has 0 heterocycles. The molecule has 0 aliphatic rings. The molecule has 0 spiro atoms. The third-order valence-corrected chi connectivity index (χ3v) is 3.72. The van der Waals surface area contributed by atoms with Crippen molar-refractivity contribution in [3.8, 4) is 17.2 Å². The summed E-state index contributed by atoms with van der Waals surface area (Å²) in [6.45, 7) is 8.11. The highest BCUT2D eigenvalue weighted by Crippen LogP contribution is 2.28. The second-order valence-electron chi connectivity index (χ2n) is 6.04. The molecule has 0 aliphatic heterocycles. The topological polar surface area (TPSA) is 36.9 Å². The summed E-state index contributed by atoms with van der Waals surface area (Å²) in [6, 6.07) is 12.0. The number of hydrogen-bond acceptors (Lipinski definition) is 4. The summed E-state index contributed by atoms with van der Waals surface area (Å²) in [5.41, 5.74) is 3.48.